The van der Waals surface area contributed by atoms with Crippen molar-refractivity contribution in [3.8, 4) is 0 Å². The van der Waals surface area contributed by atoms with Gasteiger partial charge in [-0.05, 0) is 26.3 Å². The van der Waals surface area contributed by atoms with Crippen molar-refractivity contribution in [1.82, 2.24) is 10.2 Å². The van der Waals surface area contributed by atoms with Crippen LogP contribution in [0.3, 0.4) is 0 Å². The maximum absolute atomic E-state index is 12.5. The Morgan fingerprint density at radius 2 is 1.74 bits per heavy atom. The molecule has 0 aromatic heterocycles. The second kappa shape index (κ2) is 8.53. The highest BCUT2D eigenvalue weighted by atomic mass is 32.1. The number of likely N-dealkylation sites (tertiary alicyclic amines) is 1. The van der Waals surface area contributed by atoms with Gasteiger partial charge < -0.3 is 5.32 Å². The van der Waals surface area contributed by atoms with E-state index in [1.165, 1.54) is 0 Å². The minimum absolute atomic E-state index is 0.175. The van der Waals surface area contributed by atoms with Gasteiger partial charge in [0.2, 0.25) is 5.91 Å². The van der Waals surface area contributed by atoms with E-state index in [1.807, 2.05) is 20.8 Å². The van der Waals surface area contributed by atoms with Gasteiger partial charge >= 0.3 is 0 Å². The van der Waals surface area contributed by atoms with Gasteiger partial charge in [-0.25, -0.2) is 0 Å². The van der Waals surface area contributed by atoms with E-state index >= 15 is 0 Å². The summed E-state index contributed by atoms with van der Waals surface area (Å²) in [6, 6.07) is -0.552. The van der Waals surface area contributed by atoms with E-state index in [9.17, 15) is 14.4 Å². The molecular weight excluding hydrogens is 312 g/mol. The SMILES string of the molecule is CC.C\C=C/C=C1/C(=O)N(C2CCC(=O)NC2=S)C(=O)/C1=C/C. The summed E-state index contributed by atoms with van der Waals surface area (Å²) in [5.41, 5.74) is 0.734. The van der Waals surface area contributed by atoms with Crippen molar-refractivity contribution in [2.75, 3.05) is 0 Å². The summed E-state index contributed by atoms with van der Waals surface area (Å²) in [7, 11) is 0. The molecule has 0 bridgehead atoms. The van der Waals surface area contributed by atoms with E-state index in [0.29, 0.717) is 17.6 Å². The number of nitrogens with one attached hydrogen (secondary N) is 1. The maximum Gasteiger partial charge on any atom is 0.262 e. The summed E-state index contributed by atoms with van der Waals surface area (Å²) in [4.78, 5) is 37.6. The van der Waals surface area contributed by atoms with Crippen molar-refractivity contribution in [2.45, 2.75) is 46.6 Å². The van der Waals surface area contributed by atoms with Crippen LogP contribution in [-0.4, -0.2) is 33.7 Å². The van der Waals surface area contributed by atoms with Crippen molar-refractivity contribution in [1.29, 1.82) is 0 Å². The summed E-state index contributed by atoms with van der Waals surface area (Å²) in [5.74, 6) is -0.900. The summed E-state index contributed by atoms with van der Waals surface area (Å²) in [6.45, 7) is 7.55. The molecule has 1 atom stereocenters. The lowest BCUT2D eigenvalue weighted by molar-refractivity contribution is -0.139. The average molecular weight is 334 g/mol. The van der Waals surface area contributed by atoms with Crippen LogP contribution in [0.2, 0.25) is 0 Å². The van der Waals surface area contributed by atoms with Crippen LogP contribution >= 0.6 is 12.2 Å². The third-order valence-corrected chi connectivity index (χ3v) is 3.83. The van der Waals surface area contributed by atoms with E-state index < -0.39 is 6.04 Å². The average Bonchev–Trinajstić information content (AvgIpc) is 2.78. The molecule has 2 aliphatic heterocycles. The Hall–Kier alpha value is -2.08. The molecule has 2 saturated heterocycles. The van der Waals surface area contributed by atoms with Crippen LogP contribution in [0.1, 0.15) is 40.5 Å². The van der Waals surface area contributed by atoms with Crippen molar-refractivity contribution in [2.24, 2.45) is 0 Å². The zero-order valence-corrected chi connectivity index (χ0v) is 14.7. The Bertz CT molecular complexity index is 617. The molecule has 2 heterocycles. The molecule has 1 N–H and O–H groups in total. The van der Waals surface area contributed by atoms with Gasteiger partial charge in [0.05, 0.1) is 11.6 Å². The molecule has 1 unspecified atom stereocenters. The maximum atomic E-state index is 12.5. The molecule has 2 aliphatic rings. The van der Waals surface area contributed by atoms with Crippen LogP contribution in [0, 0.1) is 0 Å². The largest absolute Gasteiger partial charge is 0.319 e. The third kappa shape index (κ3) is 3.82. The van der Waals surface area contributed by atoms with E-state index in [2.05, 4.69) is 5.32 Å². The molecule has 5 nitrogen and oxygen atoms in total. The number of imide groups is 1. The number of piperidine rings is 1. The lowest BCUT2D eigenvalue weighted by Gasteiger charge is -2.29. The molecule has 0 aromatic carbocycles. The number of amides is 3. The van der Waals surface area contributed by atoms with Gasteiger partial charge in [0.25, 0.3) is 11.8 Å². The lowest BCUT2D eigenvalue weighted by Crippen LogP contribution is -2.53. The van der Waals surface area contributed by atoms with Crippen LogP contribution in [-0.2, 0) is 14.4 Å². The topological polar surface area (TPSA) is 66.5 Å². The number of rotatable bonds is 2. The van der Waals surface area contributed by atoms with Crippen LogP contribution in [0.15, 0.2) is 35.5 Å². The van der Waals surface area contributed by atoms with Crippen molar-refractivity contribution in [3.05, 3.63) is 35.5 Å². The molecule has 0 radical (unpaired) electrons. The number of carbonyl (C=O) groups excluding carboxylic acids is 3. The Labute approximate surface area is 142 Å². The lowest BCUT2D eigenvalue weighted by atomic mass is 10.1. The number of allylic oxidation sites excluding steroid dienone is 4. The summed E-state index contributed by atoms with van der Waals surface area (Å²) < 4.78 is 0. The Morgan fingerprint density at radius 3 is 2.26 bits per heavy atom. The van der Waals surface area contributed by atoms with Crippen LogP contribution in [0.25, 0.3) is 0 Å². The zero-order valence-electron chi connectivity index (χ0n) is 13.9. The number of nitrogens with zero attached hydrogens (tertiary/aromatic N) is 1. The van der Waals surface area contributed by atoms with Gasteiger partial charge in [-0.3, -0.25) is 19.3 Å². The molecule has 0 aliphatic carbocycles. The van der Waals surface area contributed by atoms with Gasteiger partial charge in [-0.2, -0.15) is 0 Å². The minimum Gasteiger partial charge on any atom is -0.319 e. The van der Waals surface area contributed by atoms with Crippen LogP contribution < -0.4 is 5.32 Å². The predicted octanol–water partition coefficient (Wildman–Crippen LogP) is 2.44. The van der Waals surface area contributed by atoms with Crippen LogP contribution in [0.4, 0.5) is 0 Å². The standard InChI is InChI=1S/C15H16N2O3S.C2H6/c1-3-5-6-10-9(4-2)14(19)17(15(10)20)11-7-8-12(18)16-13(11)21;1-2/h3-6,11H,7-8H2,1-2H3,(H,16,18,21);1-2H3/b5-3-,9-4+,10-6+;. The predicted molar refractivity (Wildman–Crippen MR) is 93.6 cm³/mol. The van der Waals surface area contributed by atoms with Gasteiger partial charge in [-0.15, -0.1) is 0 Å². The van der Waals surface area contributed by atoms with Gasteiger partial charge in [0.1, 0.15) is 4.99 Å². The normalized spacial score (nSPS) is 25.2. The van der Waals surface area contributed by atoms with E-state index in [1.54, 1.807) is 31.2 Å². The van der Waals surface area contributed by atoms with E-state index in [4.69, 9.17) is 12.2 Å². The van der Waals surface area contributed by atoms with Gasteiger partial charge in [0, 0.05) is 12.0 Å². The molecule has 3 amide bonds. The summed E-state index contributed by atoms with van der Waals surface area (Å²) in [5, 5.41) is 2.53. The van der Waals surface area contributed by atoms with Crippen molar-refractivity contribution in [3.63, 3.8) is 0 Å². The fourth-order valence-corrected chi connectivity index (χ4v) is 2.76. The highest BCUT2D eigenvalue weighted by molar-refractivity contribution is 7.80. The number of thiocarbonyl (C=S) groups is 1. The van der Waals surface area contributed by atoms with Crippen molar-refractivity contribution < 1.29 is 14.4 Å². The first kappa shape index (κ1) is 19.0. The molecule has 124 valence electrons. The second-order valence-electron chi connectivity index (χ2n) is 4.76. The molecule has 0 spiro atoms. The number of hydrogen-bond donors (Lipinski definition) is 1. The quantitative estimate of drug-likeness (QED) is 0.478. The first-order chi connectivity index (χ1) is 11.0. The van der Waals surface area contributed by atoms with E-state index in [-0.39, 0.29) is 29.1 Å². The fourth-order valence-electron chi connectivity index (χ4n) is 2.43. The fraction of sp³-hybridized carbons (Fsp3) is 0.412. The molecule has 2 rings (SSSR count). The van der Waals surface area contributed by atoms with Gasteiger partial charge in [-0.1, -0.05) is 44.3 Å². The van der Waals surface area contributed by atoms with Crippen molar-refractivity contribution >= 4 is 34.9 Å². The van der Waals surface area contributed by atoms with Crippen LogP contribution in [0.5, 0.6) is 0 Å². The first-order valence-electron chi connectivity index (χ1n) is 7.72. The second-order valence-corrected chi connectivity index (χ2v) is 5.20. The first-order valence-corrected chi connectivity index (χ1v) is 8.13. The highest BCUT2D eigenvalue weighted by Gasteiger charge is 2.44. The number of hydrogen-bond acceptors (Lipinski definition) is 4. The molecule has 6 heteroatoms. The Morgan fingerprint density at radius 1 is 1.13 bits per heavy atom. The Balaban J connectivity index is 0.00000127. The highest BCUT2D eigenvalue weighted by Crippen LogP contribution is 2.29. The number of carbonyl (C=O) groups is 3. The molecule has 0 saturated carbocycles. The third-order valence-electron chi connectivity index (χ3n) is 3.45. The molecule has 23 heavy (non-hydrogen) atoms. The van der Waals surface area contributed by atoms with E-state index in [0.717, 1.165) is 4.90 Å². The molecule has 0 aromatic rings. The van der Waals surface area contributed by atoms with Gasteiger partial charge in [0.15, 0.2) is 0 Å². The summed E-state index contributed by atoms with van der Waals surface area (Å²) >= 11 is 5.12. The Kier molecular flexibility index (Phi) is 7.03. The smallest absolute Gasteiger partial charge is 0.262 e. The summed E-state index contributed by atoms with van der Waals surface area (Å²) in [6.07, 6.45) is 7.37. The zero-order chi connectivity index (χ0) is 17.6. The molecular formula is C17H22N2O3S. The molecule has 2 fully saturated rings. The monoisotopic (exact) mass is 334 g/mol. The minimum atomic E-state index is -0.552.